The fourth-order valence-electron chi connectivity index (χ4n) is 1.88. The smallest absolute Gasteiger partial charge is 0.165 e. The molecule has 0 aliphatic heterocycles. The molecule has 0 radical (unpaired) electrons. The van der Waals surface area contributed by atoms with Gasteiger partial charge in [-0.1, -0.05) is 32.9 Å². The Labute approximate surface area is 121 Å². The average Bonchev–Trinajstić information content (AvgIpc) is 2.34. The van der Waals surface area contributed by atoms with Crippen LogP contribution in [0.2, 0.25) is 0 Å². The van der Waals surface area contributed by atoms with Crippen molar-refractivity contribution in [2.24, 2.45) is 11.1 Å². The highest BCUT2D eigenvalue weighted by Gasteiger charge is 2.31. The number of para-hydroxylation sites is 1. The topological polar surface area (TPSA) is 64.7 Å². The Bertz CT molecular complexity index is 404. The van der Waals surface area contributed by atoms with Gasteiger partial charge in [0.2, 0.25) is 0 Å². The number of rotatable bonds is 4. The Morgan fingerprint density at radius 1 is 1.16 bits per heavy atom. The van der Waals surface area contributed by atoms with Crippen LogP contribution in [0.3, 0.4) is 0 Å². The highest BCUT2D eigenvalue weighted by atomic mass is 35.5. The predicted molar refractivity (Wildman–Crippen MR) is 79.2 cm³/mol. The minimum absolute atomic E-state index is 0. The van der Waals surface area contributed by atoms with E-state index in [2.05, 4.69) is 0 Å². The van der Waals surface area contributed by atoms with E-state index in [0.717, 1.165) is 5.56 Å². The van der Waals surface area contributed by atoms with Crippen LogP contribution in [0, 0.1) is 5.41 Å². The minimum Gasteiger partial charge on any atom is -0.493 e. The average molecular weight is 290 g/mol. The standard InChI is InChI=1S/C14H23NO3.ClH/c1-14(2,3)13(16)11(15)9-7-6-8-10(17-4)12(9)18-5;/h6-8,11,13,16H,15H2,1-5H3;1H/t11-,13-;/m1./s1. The van der Waals surface area contributed by atoms with Crippen LogP contribution < -0.4 is 15.2 Å². The van der Waals surface area contributed by atoms with Gasteiger partial charge >= 0.3 is 0 Å². The summed E-state index contributed by atoms with van der Waals surface area (Å²) in [6, 6.07) is 4.97. The van der Waals surface area contributed by atoms with E-state index >= 15 is 0 Å². The number of hydrogen-bond acceptors (Lipinski definition) is 4. The molecule has 4 nitrogen and oxygen atoms in total. The number of halogens is 1. The number of aliphatic hydroxyl groups is 1. The molecule has 1 aromatic rings. The van der Waals surface area contributed by atoms with Gasteiger partial charge in [-0.2, -0.15) is 0 Å². The second-order valence-corrected chi connectivity index (χ2v) is 5.42. The Hall–Kier alpha value is -0.970. The predicted octanol–water partition coefficient (Wildman–Crippen LogP) is 2.53. The van der Waals surface area contributed by atoms with Gasteiger partial charge in [0.15, 0.2) is 11.5 Å². The van der Waals surface area contributed by atoms with Crippen molar-refractivity contribution in [2.45, 2.75) is 32.9 Å². The molecule has 0 unspecified atom stereocenters. The van der Waals surface area contributed by atoms with Crippen LogP contribution in [-0.4, -0.2) is 25.4 Å². The fraction of sp³-hybridized carbons (Fsp3) is 0.571. The summed E-state index contributed by atoms with van der Waals surface area (Å²) in [6.45, 7) is 5.85. The summed E-state index contributed by atoms with van der Waals surface area (Å²) < 4.78 is 10.6. The lowest BCUT2D eigenvalue weighted by Crippen LogP contribution is -2.37. The molecular weight excluding hydrogens is 266 g/mol. The van der Waals surface area contributed by atoms with Gasteiger partial charge in [0.25, 0.3) is 0 Å². The molecule has 0 spiro atoms. The number of aliphatic hydroxyl groups excluding tert-OH is 1. The number of benzene rings is 1. The van der Waals surface area contributed by atoms with Gasteiger partial charge in [0.05, 0.1) is 26.4 Å². The summed E-state index contributed by atoms with van der Waals surface area (Å²) in [5.41, 5.74) is 6.59. The summed E-state index contributed by atoms with van der Waals surface area (Å²) in [5, 5.41) is 10.3. The maximum absolute atomic E-state index is 10.3. The number of methoxy groups -OCH3 is 2. The van der Waals surface area contributed by atoms with E-state index in [1.54, 1.807) is 20.3 Å². The van der Waals surface area contributed by atoms with Crippen molar-refractivity contribution in [3.8, 4) is 11.5 Å². The fourth-order valence-corrected chi connectivity index (χ4v) is 1.88. The van der Waals surface area contributed by atoms with E-state index in [1.165, 1.54) is 0 Å². The molecule has 5 heteroatoms. The van der Waals surface area contributed by atoms with E-state index in [0.29, 0.717) is 11.5 Å². The molecular formula is C14H24ClNO3. The van der Waals surface area contributed by atoms with Crippen molar-refractivity contribution in [2.75, 3.05) is 14.2 Å². The van der Waals surface area contributed by atoms with Gasteiger partial charge in [-0.25, -0.2) is 0 Å². The molecule has 110 valence electrons. The summed E-state index contributed by atoms with van der Waals surface area (Å²) in [6.07, 6.45) is -0.668. The Kier molecular flexibility index (Phi) is 6.63. The normalized spacial score (nSPS) is 14.3. The molecule has 0 aliphatic carbocycles. The van der Waals surface area contributed by atoms with Crippen molar-refractivity contribution in [1.29, 1.82) is 0 Å². The highest BCUT2D eigenvalue weighted by Crippen LogP contribution is 2.37. The van der Waals surface area contributed by atoms with Crippen LogP contribution in [0.15, 0.2) is 18.2 Å². The van der Waals surface area contributed by atoms with Crippen LogP contribution in [0.5, 0.6) is 11.5 Å². The van der Waals surface area contributed by atoms with Crippen molar-refractivity contribution < 1.29 is 14.6 Å². The molecule has 0 saturated heterocycles. The van der Waals surface area contributed by atoms with Crippen LogP contribution in [-0.2, 0) is 0 Å². The molecule has 2 atom stereocenters. The summed E-state index contributed by atoms with van der Waals surface area (Å²) in [5.74, 6) is 1.20. The number of ether oxygens (including phenoxy) is 2. The lowest BCUT2D eigenvalue weighted by atomic mass is 9.82. The third-order valence-electron chi connectivity index (χ3n) is 3.02. The molecule has 0 fully saturated rings. The first kappa shape index (κ1) is 18.0. The monoisotopic (exact) mass is 289 g/mol. The highest BCUT2D eigenvalue weighted by molar-refractivity contribution is 5.85. The van der Waals surface area contributed by atoms with E-state index in [9.17, 15) is 5.11 Å². The third kappa shape index (κ3) is 4.00. The maximum atomic E-state index is 10.3. The van der Waals surface area contributed by atoms with Crippen LogP contribution in [0.25, 0.3) is 0 Å². The third-order valence-corrected chi connectivity index (χ3v) is 3.02. The second-order valence-electron chi connectivity index (χ2n) is 5.42. The summed E-state index contributed by atoms with van der Waals surface area (Å²) >= 11 is 0. The van der Waals surface area contributed by atoms with E-state index < -0.39 is 12.1 Å². The summed E-state index contributed by atoms with van der Waals surface area (Å²) in [7, 11) is 3.14. The molecule has 0 aromatic heterocycles. The maximum Gasteiger partial charge on any atom is 0.165 e. The zero-order valence-electron chi connectivity index (χ0n) is 12.1. The van der Waals surface area contributed by atoms with Crippen LogP contribution >= 0.6 is 12.4 Å². The number of nitrogens with two attached hydrogens (primary N) is 1. The molecule has 1 rings (SSSR count). The molecule has 0 bridgehead atoms. The number of hydrogen-bond donors (Lipinski definition) is 2. The molecule has 0 saturated carbocycles. The first-order valence-electron chi connectivity index (χ1n) is 5.97. The van der Waals surface area contributed by atoms with Crippen molar-refractivity contribution in [3.05, 3.63) is 23.8 Å². The Balaban J connectivity index is 0.00000324. The zero-order chi connectivity index (χ0) is 13.9. The second kappa shape index (κ2) is 6.98. The Morgan fingerprint density at radius 3 is 2.16 bits per heavy atom. The van der Waals surface area contributed by atoms with Gasteiger partial charge in [-0.05, 0) is 11.5 Å². The largest absolute Gasteiger partial charge is 0.493 e. The first-order valence-corrected chi connectivity index (χ1v) is 5.97. The van der Waals surface area contributed by atoms with E-state index in [4.69, 9.17) is 15.2 Å². The van der Waals surface area contributed by atoms with Crippen LogP contribution in [0.1, 0.15) is 32.4 Å². The van der Waals surface area contributed by atoms with Gasteiger partial charge in [-0.15, -0.1) is 12.4 Å². The van der Waals surface area contributed by atoms with Crippen LogP contribution in [0.4, 0.5) is 0 Å². The minimum atomic E-state index is -0.668. The SMILES string of the molecule is COc1cccc([C@@H](N)[C@@H](O)C(C)(C)C)c1OC.Cl. The van der Waals surface area contributed by atoms with Gasteiger partial charge in [0, 0.05) is 5.56 Å². The van der Waals surface area contributed by atoms with Crippen molar-refractivity contribution in [1.82, 2.24) is 0 Å². The van der Waals surface area contributed by atoms with Gasteiger partial charge < -0.3 is 20.3 Å². The summed E-state index contributed by atoms with van der Waals surface area (Å²) in [4.78, 5) is 0. The molecule has 19 heavy (non-hydrogen) atoms. The lowest BCUT2D eigenvalue weighted by Gasteiger charge is -2.31. The molecule has 0 aliphatic rings. The van der Waals surface area contributed by atoms with E-state index in [-0.39, 0.29) is 17.8 Å². The van der Waals surface area contributed by atoms with Crippen molar-refractivity contribution >= 4 is 12.4 Å². The lowest BCUT2D eigenvalue weighted by molar-refractivity contribution is 0.0394. The molecule has 0 heterocycles. The van der Waals surface area contributed by atoms with Gasteiger partial charge in [-0.3, -0.25) is 0 Å². The molecule has 1 aromatic carbocycles. The van der Waals surface area contributed by atoms with Crippen molar-refractivity contribution in [3.63, 3.8) is 0 Å². The van der Waals surface area contributed by atoms with Gasteiger partial charge in [0.1, 0.15) is 0 Å². The molecule has 3 N–H and O–H groups in total. The Morgan fingerprint density at radius 2 is 1.74 bits per heavy atom. The van der Waals surface area contributed by atoms with E-state index in [1.807, 2.05) is 32.9 Å². The zero-order valence-corrected chi connectivity index (χ0v) is 13.0. The molecule has 0 amide bonds. The first-order chi connectivity index (χ1) is 8.32. The quantitative estimate of drug-likeness (QED) is 0.894.